The number of ether oxygens (including phenoxy) is 1. The normalized spacial score (nSPS) is 21.6. The predicted octanol–water partition coefficient (Wildman–Crippen LogP) is 2.53. The Kier molecular flexibility index (Phi) is 1.51. The molecule has 2 aromatic rings. The van der Waals surface area contributed by atoms with Gasteiger partial charge in [-0.3, -0.25) is 4.79 Å². The van der Waals surface area contributed by atoms with Gasteiger partial charge in [-0.25, -0.2) is 0 Å². The van der Waals surface area contributed by atoms with Crippen molar-refractivity contribution in [1.29, 1.82) is 0 Å². The SMILES string of the molecule is [2H]C([2H])([2H])Oc1ccc2cccc(C([2H])([2H])C([2H])([2H])NC(=O)C([2H])([2H])[2H])c2c1. The summed E-state index contributed by atoms with van der Waals surface area (Å²) in [4.78, 5) is 11.7. The van der Waals surface area contributed by atoms with Crippen molar-refractivity contribution in [2.45, 2.75) is 13.2 Å². The summed E-state index contributed by atoms with van der Waals surface area (Å²) >= 11 is 0. The molecule has 1 N–H and O–H groups in total. The van der Waals surface area contributed by atoms with Gasteiger partial charge in [-0.05, 0) is 34.8 Å². The van der Waals surface area contributed by atoms with Crippen LogP contribution in [0.5, 0.6) is 5.75 Å². The second-order valence-electron chi connectivity index (χ2n) is 3.49. The first-order valence-electron chi connectivity index (χ1n) is 10.1. The van der Waals surface area contributed by atoms with Crippen LogP contribution in [0.15, 0.2) is 36.4 Å². The van der Waals surface area contributed by atoms with Gasteiger partial charge in [-0.15, -0.1) is 0 Å². The molecule has 0 unspecified atom stereocenters. The summed E-state index contributed by atoms with van der Waals surface area (Å²) in [5.74, 6) is -1.71. The van der Waals surface area contributed by atoms with E-state index in [-0.39, 0.29) is 16.7 Å². The summed E-state index contributed by atoms with van der Waals surface area (Å²) in [6.45, 7) is -6.23. The Balaban J connectivity index is 2.54. The summed E-state index contributed by atoms with van der Waals surface area (Å²) < 4.78 is 79.8. The van der Waals surface area contributed by atoms with Crippen LogP contribution in [0, 0.1) is 0 Å². The zero-order chi connectivity index (χ0) is 21.5. The van der Waals surface area contributed by atoms with E-state index in [1.807, 2.05) is 0 Å². The van der Waals surface area contributed by atoms with Crippen LogP contribution in [0.3, 0.4) is 0 Å². The lowest BCUT2D eigenvalue weighted by Crippen LogP contribution is -2.22. The fraction of sp³-hybridized carbons (Fsp3) is 0.267. The van der Waals surface area contributed by atoms with Crippen molar-refractivity contribution < 1.29 is 23.2 Å². The monoisotopic (exact) mass is 253 g/mol. The average molecular weight is 253 g/mol. The fourth-order valence-electron chi connectivity index (χ4n) is 1.58. The van der Waals surface area contributed by atoms with E-state index in [0.717, 1.165) is 0 Å². The van der Waals surface area contributed by atoms with E-state index in [1.54, 1.807) is 11.4 Å². The van der Waals surface area contributed by atoms with E-state index in [0.29, 0.717) is 5.39 Å². The van der Waals surface area contributed by atoms with Crippen LogP contribution in [0.4, 0.5) is 0 Å². The second kappa shape index (κ2) is 5.54. The lowest BCUT2D eigenvalue weighted by molar-refractivity contribution is -0.118. The zero-order valence-electron chi connectivity index (χ0n) is 19.3. The van der Waals surface area contributed by atoms with Crippen LogP contribution < -0.4 is 10.1 Å². The summed E-state index contributed by atoms with van der Waals surface area (Å²) in [6.07, 6.45) is -2.86. The molecule has 2 rings (SSSR count). The van der Waals surface area contributed by atoms with Crippen molar-refractivity contribution in [3.8, 4) is 5.75 Å². The Morgan fingerprint density at radius 1 is 1.44 bits per heavy atom. The Morgan fingerprint density at radius 2 is 2.39 bits per heavy atom. The minimum absolute atomic E-state index is 0.0807. The highest BCUT2D eigenvalue weighted by molar-refractivity contribution is 5.87. The molecule has 0 spiro atoms. The topological polar surface area (TPSA) is 38.3 Å². The molecule has 0 fully saturated rings. The van der Waals surface area contributed by atoms with Gasteiger partial charge in [0, 0.05) is 22.9 Å². The van der Waals surface area contributed by atoms with Crippen molar-refractivity contribution in [2.75, 3.05) is 13.5 Å². The number of fused-ring (bicyclic) bond motifs is 1. The third-order valence-corrected chi connectivity index (χ3v) is 2.34. The standard InChI is InChI=1S/C15H17NO2/c1-11(17)16-9-8-13-5-3-4-12-6-7-14(18-2)10-15(12)13/h3-7,10H,8-9H2,1-2H3,(H,16,17)/i1D3,2D3,8D2,9D2. The molecule has 0 aliphatic heterocycles. The molecule has 0 atom stereocenters. The highest BCUT2D eigenvalue weighted by Gasteiger charge is 2.03. The first kappa shape index (κ1) is 4.92. The zero-order valence-corrected chi connectivity index (χ0v) is 9.28. The first-order valence-corrected chi connectivity index (χ1v) is 5.09. The van der Waals surface area contributed by atoms with Crippen molar-refractivity contribution in [1.82, 2.24) is 5.32 Å². The highest BCUT2D eigenvalue weighted by Crippen LogP contribution is 2.24. The molecule has 0 aliphatic carbocycles. The molecule has 0 saturated carbocycles. The van der Waals surface area contributed by atoms with E-state index in [4.69, 9.17) is 18.4 Å². The molecule has 3 nitrogen and oxygen atoms in total. The number of aryl methyl sites for hydroxylation is 1. The van der Waals surface area contributed by atoms with Crippen LogP contribution in [-0.4, -0.2) is 19.4 Å². The van der Waals surface area contributed by atoms with Crippen molar-refractivity contribution in [2.24, 2.45) is 0 Å². The van der Waals surface area contributed by atoms with Gasteiger partial charge in [0.15, 0.2) is 0 Å². The lowest BCUT2D eigenvalue weighted by Gasteiger charge is -2.08. The molecule has 3 heteroatoms. The Bertz CT molecular complexity index is 889. The van der Waals surface area contributed by atoms with Crippen LogP contribution >= 0.6 is 0 Å². The van der Waals surface area contributed by atoms with E-state index >= 15 is 0 Å². The maximum atomic E-state index is 11.7. The number of amides is 1. The Hall–Kier alpha value is -2.03. The van der Waals surface area contributed by atoms with Crippen molar-refractivity contribution >= 4 is 16.7 Å². The molecular weight excluding hydrogens is 226 g/mol. The maximum Gasteiger partial charge on any atom is 0.216 e. The third kappa shape index (κ3) is 2.80. The van der Waals surface area contributed by atoms with Crippen molar-refractivity contribution in [3.63, 3.8) is 0 Å². The quantitative estimate of drug-likeness (QED) is 0.909. The van der Waals surface area contributed by atoms with Gasteiger partial charge in [0.1, 0.15) is 5.75 Å². The molecule has 18 heavy (non-hydrogen) atoms. The number of carbonyl (C=O) groups excluding carboxylic acids is 1. The molecular formula is C15H17NO2. The Morgan fingerprint density at radius 3 is 3.22 bits per heavy atom. The molecule has 1 amide bonds. The molecule has 94 valence electrons. The van der Waals surface area contributed by atoms with Crippen LogP contribution in [0.2, 0.25) is 0 Å². The molecule has 0 aromatic heterocycles. The fourth-order valence-corrected chi connectivity index (χ4v) is 1.58. The number of methoxy groups -OCH3 is 1. The summed E-state index contributed by atoms with van der Waals surface area (Å²) in [5.41, 5.74) is -0.211. The van der Waals surface area contributed by atoms with E-state index < -0.39 is 32.7 Å². The lowest BCUT2D eigenvalue weighted by atomic mass is 10.0. The summed E-state index contributed by atoms with van der Waals surface area (Å²) in [5, 5.41) is 2.21. The minimum Gasteiger partial charge on any atom is -0.497 e. The third-order valence-electron chi connectivity index (χ3n) is 2.34. The van der Waals surface area contributed by atoms with Gasteiger partial charge < -0.3 is 10.1 Å². The molecule has 0 aliphatic rings. The van der Waals surface area contributed by atoms with E-state index in [1.165, 1.54) is 30.3 Å². The maximum absolute atomic E-state index is 11.7. The smallest absolute Gasteiger partial charge is 0.216 e. The van der Waals surface area contributed by atoms with E-state index in [2.05, 4.69) is 0 Å². The van der Waals surface area contributed by atoms with Gasteiger partial charge >= 0.3 is 0 Å². The highest BCUT2D eigenvalue weighted by atomic mass is 16.5. The van der Waals surface area contributed by atoms with Gasteiger partial charge in [-0.1, -0.05) is 24.3 Å². The summed E-state index contributed by atoms with van der Waals surface area (Å²) in [7, 11) is -2.73. The summed E-state index contributed by atoms with van der Waals surface area (Å²) in [6, 6.07) is 8.43. The van der Waals surface area contributed by atoms with Crippen molar-refractivity contribution in [3.05, 3.63) is 42.0 Å². The molecule has 0 heterocycles. The van der Waals surface area contributed by atoms with Crippen LogP contribution in [-0.2, 0) is 11.2 Å². The molecule has 0 saturated heterocycles. The van der Waals surface area contributed by atoms with Crippen LogP contribution in [0.25, 0.3) is 10.8 Å². The number of hydrogen-bond donors (Lipinski definition) is 1. The minimum atomic E-state index is -3.15. The van der Waals surface area contributed by atoms with Gasteiger partial charge in [0.05, 0.1) is 11.2 Å². The molecule has 0 radical (unpaired) electrons. The Labute approximate surface area is 121 Å². The second-order valence-corrected chi connectivity index (χ2v) is 3.49. The number of rotatable bonds is 4. The van der Waals surface area contributed by atoms with Gasteiger partial charge in [0.25, 0.3) is 0 Å². The van der Waals surface area contributed by atoms with Gasteiger partial charge in [-0.2, -0.15) is 0 Å². The molecule has 0 bridgehead atoms. The van der Waals surface area contributed by atoms with Crippen LogP contribution in [0.1, 0.15) is 26.1 Å². The van der Waals surface area contributed by atoms with Gasteiger partial charge in [0.2, 0.25) is 5.91 Å². The van der Waals surface area contributed by atoms with E-state index in [9.17, 15) is 4.79 Å². The number of nitrogens with one attached hydrogen (secondary N) is 1. The predicted molar refractivity (Wildman–Crippen MR) is 72.9 cm³/mol. The molecule has 2 aromatic carbocycles. The number of benzene rings is 2. The number of carbonyl (C=O) groups is 1. The first-order chi connectivity index (χ1) is 12.5. The largest absolute Gasteiger partial charge is 0.497 e. The average Bonchev–Trinajstić information content (AvgIpc) is 2.51. The number of hydrogen-bond acceptors (Lipinski definition) is 2.